The van der Waals surface area contributed by atoms with Crippen molar-refractivity contribution in [2.75, 3.05) is 0 Å². The van der Waals surface area contributed by atoms with Crippen LogP contribution in [-0.4, -0.2) is 0 Å². The normalized spacial score (nSPS) is 12.4. The molecule has 0 atom stereocenters. The van der Waals surface area contributed by atoms with Gasteiger partial charge in [-0.1, -0.05) is 170 Å². The molecule has 0 bridgehead atoms. The maximum absolute atomic E-state index is 2.53. The first kappa shape index (κ1) is 29.6. The van der Waals surface area contributed by atoms with E-state index in [2.05, 4.69) is 182 Å². The highest BCUT2D eigenvalue weighted by molar-refractivity contribution is 7.26. The molecule has 0 amide bonds. The number of benzene rings is 10. The minimum absolute atomic E-state index is 1.25. The average molecular weight is 711 g/mol. The van der Waals surface area contributed by atoms with Crippen molar-refractivity contribution >= 4 is 107 Å². The van der Waals surface area contributed by atoms with Crippen LogP contribution in [0.4, 0.5) is 0 Å². The molecular formula is C54H30S. The Bertz CT molecular complexity index is 3680. The molecule has 1 heterocycles. The highest BCUT2D eigenvalue weighted by Gasteiger charge is 2.27. The lowest BCUT2D eigenvalue weighted by atomic mass is 9.84. The predicted octanol–water partition coefficient (Wildman–Crippen LogP) is 16.0. The second kappa shape index (κ2) is 10.9. The van der Waals surface area contributed by atoms with Crippen molar-refractivity contribution in [3.05, 3.63) is 182 Å². The minimum atomic E-state index is 1.25. The molecule has 252 valence electrons. The van der Waals surface area contributed by atoms with Gasteiger partial charge < -0.3 is 0 Å². The summed E-state index contributed by atoms with van der Waals surface area (Å²) in [5.74, 6) is 0. The standard InChI is InChI=1S/C54H30S/c1-3-14-31(15-4-1)47-45-30-44-34-19-8-7-18-33(34)37-21-11-25-41(50(37)44)51(45)48(32-16-5-2-6-17-32)53-43-29-28-35(38-22-12-26-42(49(38)43)52(47)53)39-23-13-24-40-36-20-9-10-27-46(36)55-54(39)40/h1-30H. The van der Waals surface area contributed by atoms with Crippen LogP contribution in [0.5, 0.6) is 0 Å². The summed E-state index contributed by atoms with van der Waals surface area (Å²) in [5.41, 5.74) is 7.73. The van der Waals surface area contributed by atoms with E-state index in [-0.39, 0.29) is 0 Å². The molecule has 0 spiro atoms. The topological polar surface area (TPSA) is 0 Å². The fraction of sp³-hybridized carbons (Fsp3) is 0. The Kier molecular flexibility index (Phi) is 5.86. The number of fused-ring (bicyclic) bond motifs is 11. The fourth-order valence-corrected chi connectivity index (χ4v) is 11.4. The lowest BCUT2D eigenvalue weighted by Crippen LogP contribution is -1.91. The first-order valence-electron chi connectivity index (χ1n) is 19.1. The molecule has 1 heteroatoms. The SMILES string of the molecule is c1ccc(-c2c3cc4c5ccccc5c5cccc(c3c(-c3ccccc3)c3c6ccc(-c7cccc8c7sc7ccccc78)c7cccc(c23)c76)c54)cc1. The summed E-state index contributed by atoms with van der Waals surface area (Å²) in [6.45, 7) is 0. The zero-order chi connectivity index (χ0) is 35.8. The van der Waals surface area contributed by atoms with Crippen molar-refractivity contribution < 1.29 is 0 Å². The molecule has 13 rings (SSSR count). The number of thiophene rings is 1. The van der Waals surface area contributed by atoms with E-state index in [4.69, 9.17) is 0 Å². The summed E-state index contributed by atoms with van der Waals surface area (Å²) in [7, 11) is 0. The van der Waals surface area contributed by atoms with Crippen molar-refractivity contribution in [1.29, 1.82) is 0 Å². The van der Waals surface area contributed by atoms with Crippen molar-refractivity contribution in [2.24, 2.45) is 0 Å². The van der Waals surface area contributed by atoms with Crippen LogP contribution in [0.1, 0.15) is 0 Å². The van der Waals surface area contributed by atoms with E-state index in [1.165, 1.54) is 129 Å². The molecule has 0 aliphatic rings. The minimum Gasteiger partial charge on any atom is -0.135 e. The van der Waals surface area contributed by atoms with E-state index in [9.17, 15) is 0 Å². The summed E-state index contributed by atoms with van der Waals surface area (Å²) in [4.78, 5) is 0. The van der Waals surface area contributed by atoms with E-state index in [1.807, 2.05) is 11.3 Å². The molecule has 0 saturated carbocycles. The van der Waals surface area contributed by atoms with Crippen LogP contribution >= 0.6 is 11.3 Å². The third kappa shape index (κ3) is 3.85. The Morgan fingerprint density at radius 1 is 0.255 bits per heavy atom. The first-order chi connectivity index (χ1) is 27.3. The van der Waals surface area contributed by atoms with E-state index in [1.54, 1.807) is 0 Å². The molecule has 0 aliphatic carbocycles. The lowest BCUT2D eigenvalue weighted by molar-refractivity contribution is 1.68. The quantitative estimate of drug-likeness (QED) is 0.160. The summed E-state index contributed by atoms with van der Waals surface area (Å²) < 4.78 is 2.69. The Balaban J connectivity index is 1.28. The third-order valence-corrected chi connectivity index (χ3v) is 13.6. The van der Waals surface area contributed by atoms with Crippen LogP contribution in [0.25, 0.3) is 129 Å². The number of rotatable bonds is 3. The van der Waals surface area contributed by atoms with E-state index >= 15 is 0 Å². The highest BCUT2D eigenvalue weighted by Crippen LogP contribution is 2.55. The van der Waals surface area contributed by atoms with Gasteiger partial charge in [0.05, 0.1) is 0 Å². The van der Waals surface area contributed by atoms with Gasteiger partial charge in [0.15, 0.2) is 0 Å². The summed E-state index contributed by atoms with van der Waals surface area (Å²) >= 11 is 1.91. The maximum atomic E-state index is 2.53. The summed E-state index contributed by atoms with van der Waals surface area (Å²) in [6, 6.07) is 68.3. The van der Waals surface area contributed by atoms with Gasteiger partial charge in [0.2, 0.25) is 0 Å². The van der Waals surface area contributed by atoms with E-state index < -0.39 is 0 Å². The summed E-state index contributed by atoms with van der Waals surface area (Å²) in [5, 5.41) is 21.3. The second-order valence-corrected chi connectivity index (χ2v) is 16.1. The Morgan fingerprint density at radius 2 is 0.782 bits per heavy atom. The molecular weight excluding hydrogens is 681 g/mol. The zero-order valence-corrected chi connectivity index (χ0v) is 30.5. The first-order valence-corrected chi connectivity index (χ1v) is 19.9. The number of hydrogen-bond donors (Lipinski definition) is 0. The second-order valence-electron chi connectivity index (χ2n) is 15.0. The van der Waals surface area contributed by atoms with Gasteiger partial charge in [-0.2, -0.15) is 0 Å². The van der Waals surface area contributed by atoms with Crippen LogP contribution in [0.3, 0.4) is 0 Å². The van der Waals surface area contributed by atoms with E-state index in [0.717, 1.165) is 0 Å². The molecule has 0 N–H and O–H groups in total. The summed E-state index contributed by atoms with van der Waals surface area (Å²) in [6.07, 6.45) is 0. The Labute approximate surface area is 320 Å². The van der Waals surface area contributed by atoms with Crippen molar-refractivity contribution in [1.82, 2.24) is 0 Å². The Morgan fingerprint density at radius 3 is 1.56 bits per heavy atom. The molecule has 0 unspecified atom stereocenters. The maximum Gasteiger partial charge on any atom is 0.0434 e. The molecule has 0 saturated heterocycles. The van der Waals surface area contributed by atoms with Crippen molar-refractivity contribution in [3.8, 4) is 33.4 Å². The molecule has 0 radical (unpaired) electrons. The van der Waals surface area contributed by atoms with Gasteiger partial charge in [-0.15, -0.1) is 11.3 Å². The van der Waals surface area contributed by atoms with Gasteiger partial charge >= 0.3 is 0 Å². The van der Waals surface area contributed by atoms with Crippen LogP contribution in [-0.2, 0) is 0 Å². The van der Waals surface area contributed by atoms with Crippen molar-refractivity contribution in [3.63, 3.8) is 0 Å². The molecule has 0 nitrogen and oxygen atoms in total. The van der Waals surface area contributed by atoms with Crippen LogP contribution in [0.15, 0.2) is 182 Å². The smallest absolute Gasteiger partial charge is 0.0434 e. The third-order valence-electron chi connectivity index (χ3n) is 12.3. The average Bonchev–Trinajstić information content (AvgIpc) is 3.91. The molecule has 0 aliphatic heterocycles. The van der Waals surface area contributed by atoms with Gasteiger partial charge in [-0.05, 0) is 115 Å². The predicted molar refractivity (Wildman–Crippen MR) is 241 cm³/mol. The van der Waals surface area contributed by atoms with Crippen LogP contribution < -0.4 is 0 Å². The molecule has 1 aromatic heterocycles. The monoisotopic (exact) mass is 710 g/mol. The highest BCUT2D eigenvalue weighted by atomic mass is 32.1. The lowest BCUT2D eigenvalue weighted by Gasteiger charge is -2.19. The Hall–Kier alpha value is -6.80. The van der Waals surface area contributed by atoms with Crippen molar-refractivity contribution in [2.45, 2.75) is 0 Å². The fourth-order valence-electron chi connectivity index (χ4n) is 10.2. The van der Waals surface area contributed by atoms with Gasteiger partial charge in [0.25, 0.3) is 0 Å². The molecule has 0 fully saturated rings. The van der Waals surface area contributed by atoms with Gasteiger partial charge in [0.1, 0.15) is 0 Å². The van der Waals surface area contributed by atoms with Gasteiger partial charge in [-0.25, -0.2) is 0 Å². The van der Waals surface area contributed by atoms with Crippen LogP contribution in [0, 0.1) is 0 Å². The number of hydrogen-bond acceptors (Lipinski definition) is 1. The largest absolute Gasteiger partial charge is 0.135 e. The molecule has 12 aromatic carbocycles. The molecule has 55 heavy (non-hydrogen) atoms. The van der Waals surface area contributed by atoms with Gasteiger partial charge in [0, 0.05) is 25.7 Å². The zero-order valence-electron chi connectivity index (χ0n) is 29.7. The van der Waals surface area contributed by atoms with E-state index in [0.29, 0.717) is 0 Å². The van der Waals surface area contributed by atoms with Crippen LogP contribution in [0.2, 0.25) is 0 Å². The van der Waals surface area contributed by atoms with Gasteiger partial charge in [-0.3, -0.25) is 0 Å². The molecule has 13 aromatic rings.